The zero-order chi connectivity index (χ0) is 18.1. The van der Waals surface area contributed by atoms with Crippen LogP contribution >= 0.6 is 22.6 Å². The van der Waals surface area contributed by atoms with Crippen LogP contribution in [0.15, 0.2) is 12.1 Å². The van der Waals surface area contributed by atoms with Crippen molar-refractivity contribution in [2.45, 2.75) is 45.1 Å². The van der Waals surface area contributed by atoms with Crippen molar-refractivity contribution in [2.75, 3.05) is 13.1 Å². The molecule has 0 atom stereocenters. The van der Waals surface area contributed by atoms with Gasteiger partial charge in [0.15, 0.2) is 0 Å². The van der Waals surface area contributed by atoms with E-state index in [-0.39, 0.29) is 23.4 Å². The van der Waals surface area contributed by atoms with Gasteiger partial charge in [0.25, 0.3) is 0 Å². The zero-order valence-corrected chi connectivity index (χ0v) is 16.1. The van der Waals surface area contributed by atoms with Gasteiger partial charge < -0.3 is 14.7 Å². The predicted molar refractivity (Wildman–Crippen MR) is 97.3 cm³/mol. The van der Waals surface area contributed by atoms with Gasteiger partial charge in [0.1, 0.15) is 5.60 Å². The molecule has 8 heteroatoms. The van der Waals surface area contributed by atoms with Gasteiger partial charge in [-0.2, -0.15) is 0 Å². The molecule has 0 radical (unpaired) electrons. The number of nitro groups is 1. The van der Waals surface area contributed by atoms with Gasteiger partial charge in [0, 0.05) is 19.2 Å². The fourth-order valence-corrected chi connectivity index (χ4v) is 3.34. The summed E-state index contributed by atoms with van der Waals surface area (Å²) in [5, 5.41) is 20.9. The molecule has 0 aromatic heterocycles. The molecule has 1 aliphatic rings. The van der Waals surface area contributed by atoms with Crippen LogP contribution in [-0.4, -0.2) is 39.7 Å². The van der Waals surface area contributed by atoms with Crippen LogP contribution in [0.1, 0.15) is 45.1 Å². The lowest BCUT2D eigenvalue weighted by molar-refractivity contribution is -0.386. The van der Waals surface area contributed by atoms with E-state index >= 15 is 0 Å². The Morgan fingerprint density at radius 3 is 2.46 bits per heavy atom. The quantitative estimate of drug-likeness (QED) is 0.419. The molecule has 0 saturated carbocycles. The van der Waals surface area contributed by atoms with Crippen LogP contribution in [0.4, 0.5) is 10.5 Å². The van der Waals surface area contributed by atoms with E-state index in [1.807, 2.05) is 43.4 Å². The Hall–Kier alpha value is -1.58. The van der Waals surface area contributed by atoms with Gasteiger partial charge >= 0.3 is 11.8 Å². The average molecular weight is 448 g/mol. The minimum Gasteiger partial charge on any atom is -0.501 e. The van der Waals surface area contributed by atoms with E-state index in [1.165, 1.54) is 6.07 Å². The molecule has 1 aromatic rings. The summed E-state index contributed by atoms with van der Waals surface area (Å²) in [6.45, 7) is 6.58. The topological polar surface area (TPSA) is 92.9 Å². The number of ether oxygens (including phenoxy) is 1. The largest absolute Gasteiger partial charge is 0.501 e. The minimum atomic E-state index is -0.573. The Balaban J connectivity index is 2.07. The number of halogens is 1. The second-order valence-electron chi connectivity index (χ2n) is 6.87. The highest BCUT2D eigenvalue weighted by atomic mass is 127. The lowest BCUT2D eigenvalue weighted by atomic mass is 9.89. The summed E-state index contributed by atoms with van der Waals surface area (Å²) in [6.07, 6.45) is 1.08. The smallest absolute Gasteiger partial charge is 0.410 e. The first-order valence-electron chi connectivity index (χ1n) is 7.73. The van der Waals surface area contributed by atoms with Crippen LogP contribution in [0.3, 0.4) is 0 Å². The molecule has 24 heavy (non-hydrogen) atoms. The fourth-order valence-electron chi connectivity index (χ4n) is 2.70. The Kier molecular flexibility index (Phi) is 5.56. The number of carbonyl (C=O) groups is 1. The standard InChI is InChI=1S/C16H21IN2O5/c1-16(2,3)24-15(21)18-6-4-10(5-7-18)11-8-12(17)14(20)13(9-11)19(22)23/h8-10,20H,4-7H2,1-3H3. The summed E-state index contributed by atoms with van der Waals surface area (Å²) < 4.78 is 5.83. The second-order valence-corrected chi connectivity index (χ2v) is 8.03. The number of rotatable bonds is 2. The maximum Gasteiger partial charge on any atom is 0.410 e. The number of nitrogens with zero attached hydrogens (tertiary/aromatic N) is 2. The van der Waals surface area contributed by atoms with Crippen molar-refractivity contribution in [3.8, 4) is 5.75 Å². The number of hydrogen-bond donors (Lipinski definition) is 1. The number of piperidine rings is 1. The number of nitro benzene ring substituents is 1. The molecule has 0 spiro atoms. The van der Waals surface area contributed by atoms with E-state index < -0.39 is 10.5 Å². The molecule has 1 aromatic carbocycles. The first-order valence-corrected chi connectivity index (χ1v) is 8.81. The van der Waals surface area contributed by atoms with E-state index in [9.17, 15) is 20.0 Å². The van der Waals surface area contributed by atoms with E-state index in [2.05, 4.69) is 0 Å². The van der Waals surface area contributed by atoms with Gasteiger partial charge in [-0.25, -0.2) is 4.79 Å². The van der Waals surface area contributed by atoms with Crippen LogP contribution in [-0.2, 0) is 4.74 Å². The van der Waals surface area contributed by atoms with Crippen LogP contribution < -0.4 is 0 Å². The molecule has 2 rings (SSSR count). The van der Waals surface area contributed by atoms with Crippen molar-refractivity contribution >= 4 is 34.4 Å². The molecular formula is C16H21IN2O5. The van der Waals surface area contributed by atoms with Crippen molar-refractivity contribution in [1.29, 1.82) is 0 Å². The number of likely N-dealkylation sites (tertiary alicyclic amines) is 1. The van der Waals surface area contributed by atoms with Gasteiger partial charge in [-0.1, -0.05) is 0 Å². The number of amides is 1. The summed E-state index contributed by atoms with van der Waals surface area (Å²) in [4.78, 5) is 24.2. The normalized spacial score (nSPS) is 16.1. The third-order valence-corrected chi connectivity index (χ3v) is 4.70. The Bertz CT molecular complexity index is 649. The highest BCUT2D eigenvalue weighted by molar-refractivity contribution is 14.1. The molecule has 1 N–H and O–H groups in total. The molecule has 1 heterocycles. The van der Waals surface area contributed by atoms with Crippen LogP contribution in [0, 0.1) is 13.7 Å². The third-order valence-electron chi connectivity index (χ3n) is 3.88. The monoisotopic (exact) mass is 448 g/mol. The van der Waals surface area contributed by atoms with E-state index in [4.69, 9.17) is 4.74 Å². The van der Waals surface area contributed by atoms with E-state index in [0.717, 1.165) is 5.56 Å². The maximum absolute atomic E-state index is 12.1. The molecular weight excluding hydrogens is 427 g/mol. The number of phenols is 1. The molecule has 1 aliphatic heterocycles. The second kappa shape index (κ2) is 7.12. The molecule has 7 nitrogen and oxygen atoms in total. The third kappa shape index (κ3) is 4.49. The van der Waals surface area contributed by atoms with Crippen molar-refractivity contribution in [3.05, 3.63) is 31.4 Å². The average Bonchev–Trinajstić information content (AvgIpc) is 2.48. The van der Waals surface area contributed by atoms with Crippen LogP contribution in [0.2, 0.25) is 0 Å². The highest BCUT2D eigenvalue weighted by Crippen LogP contribution is 2.37. The molecule has 1 amide bonds. The van der Waals surface area contributed by atoms with Gasteiger partial charge in [-0.05, 0) is 73.8 Å². The Morgan fingerprint density at radius 2 is 1.96 bits per heavy atom. The van der Waals surface area contributed by atoms with E-state index in [0.29, 0.717) is 29.5 Å². The van der Waals surface area contributed by atoms with Gasteiger partial charge in [-0.3, -0.25) is 10.1 Å². The van der Waals surface area contributed by atoms with E-state index in [1.54, 1.807) is 11.0 Å². The minimum absolute atomic E-state index is 0.122. The summed E-state index contributed by atoms with van der Waals surface area (Å²) >= 11 is 1.90. The predicted octanol–water partition coefficient (Wildman–Crippen LogP) is 4.02. The summed E-state index contributed by atoms with van der Waals surface area (Å²) in [5.74, 6) is -0.174. The Morgan fingerprint density at radius 1 is 1.38 bits per heavy atom. The first-order chi connectivity index (χ1) is 11.1. The summed E-state index contributed by atoms with van der Waals surface area (Å²) in [5.41, 5.74) is 0.0286. The summed E-state index contributed by atoms with van der Waals surface area (Å²) in [7, 11) is 0. The van der Waals surface area contributed by atoms with Crippen LogP contribution in [0.5, 0.6) is 5.75 Å². The van der Waals surface area contributed by atoms with Crippen molar-refractivity contribution in [3.63, 3.8) is 0 Å². The fraction of sp³-hybridized carbons (Fsp3) is 0.562. The first kappa shape index (κ1) is 18.8. The molecule has 0 unspecified atom stereocenters. The molecule has 1 saturated heterocycles. The molecule has 1 fully saturated rings. The number of aromatic hydroxyl groups is 1. The SMILES string of the molecule is CC(C)(C)OC(=O)N1CCC(c2cc(I)c(O)c([N+](=O)[O-])c2)CC1. The van der Waals surface area contributed by atoms with Gasteiger partial charge in [0.2, 0.25) is 5.75 Å². The number of benzene rings is 1. The maximum atomic E-state index is 12.1. The number of carbonyl (C=O) groups excluding carboxylic acids is 1. The van der Waals surface area contributed by atoms with Crippen molar-refractivity contribution in [1.82, 2.24) is 4.90 Å². The van der Waals surface area contributed by atoms with Crippen LogP contribution in [0.25, 0.3) is 0 Å². The lowest BCUT2D eigenvalue weighted by Gasteiger charge is -2.33. The van der Waals surface area contributed by atoms with Gasteiger partial charge in [0.05, 0.1) is 8.49 Å². The number of phenolic OH excluding ortho intramolecular Hbond substituents is 1. The summed E-state index contributed by atoms with van der Waals surface area (Å²) in [6, 6.07) is 3.21. The Labute approximate surface area is 154 Å². The molecule has 132 valence electrons. The highest BCUT2D eigenvalue weighted by Gasteiger charge is 2.29. The van der Waals surface area contributed by atoms with Crippen molar-refractivity contribution in [2.24, 2.45) is 0 Å². The zero-order valence-electron chi connectivity index (χ0n) is 13.9. The molecule has 0 aliphatic carbocycles. The van der Waals surface area contributed by atoms with Gasteiger partial charge in [-0.15, -0.1) is 0 Å². The lowest BCUT2D eigenvalue weighted by Crippen LogP contribution is -2.41. The van der Waals surface area contributed by atoms with Crippen molar-refractivity contribution < 1.29 is 19.6 Å². The molecule has 0 bridgehead atoms. The number of hydrogen-bond acceptors (Lipinski definition) is 5.